The number of nitrogens with one attached hydrogen (secondary N) is 1. The maximum absolute atomic E-state index is 12.9. The topological polar surface area (TPSA) is 12.0 Å². The molecule has 0 saturated heterocycles. The molecular weight excluding hydrogens is 269 g/mol. The van der Waals surface area contributed by atoms with Gasteiger partial charge in [0, 0.05) is 17.1 Å². The molecule has 0 heterocycles. The van der Waals surface area contributed by atoms with Gasteiger partial charge in [0.05, 0.1) is 0 Å². The maximum atomic E-state index is 12.9. The Morgan fingerprint density at radius 1 is 1.50 bits per heavy atom. The van der Waals surface area contributed by atoms with Gasteiger partial charge in [-0.05, 0) is 42.9 Å². The molecule has 1 N–H and O–H groups in total. The van der Waals surface area contributed by atoms with Crippen molar-refractivity contribution < 1.29 is 4.39 Å². The Morgan fingerprint density at radius 2 is 2.19 bits per heavy atom. The van der Waals surface area contributed by atoms with Crippen molar-refractivity contribution >= 4 is 15.9 Å². The average Bonchev–Trinajstić information content (AvgIpc) is 2.94. The Kier molecular flexibility index (Phi) is 3.36. The monoisotopic (exact) mass is 285 g/mol. The van der Waals surface area contributed by atoms with Gasteiger partial charge in [0.25, 0.3) is 0 Å². The van der Waals surface area contributed by atoms with Gasteiger partial charge in [0.1, 0.15) is 5.82 Å². The van der Waals surface area contributed by atoms with E-state index in [2.05, 4.69) is 35.1 Å². The summed E-state index contributed by atoms with van der Waals surface area (Å²) >= 11 is 3.40. The summed E-state index contributed by atoms with van der Waals surface area (Å²) in [5, 5.41) is 3.51. The Morgan fingerprint density at radius 3 is 2.75 bits per heavy atom. The van der Waals surface area contributed by atoms with Crippen molar-refractivity contribution in [3.63, 3.8) is 0 Å². The van der Waals surface area contributed by atoms with Gasteiger partial charge in [-0.25, -0.2) is 4.39 Å². The molecule has 1 fully saturated rings. The number of hydrogen-bond acceptors (Lipinski definition) is 1. The summed E-state index contributed by atoms with van der Waals surface area (Å²) in [5.74, 6) is -0.197. The van der Waals surface area contributed by atoms with Crippen LogP contribution in [0.15, 0.2) is 22.7 Å². The number of hydrogen-bond donors (Lipinski definition) is 1. The molecule has 1 nitrogen and oxygen atoms in total. The third kappa shape index (κ3) is 2.83. The second-order valence-electron chi connectivity index (χ2n) is 5.08. The van der Waals surface area contributed by atoms with E-state index in [-0.39, 0.29) is 11.9 Å². The molecule has 0 amide bonds. The third-order valence-electron chi connectivity index (χ3n) is 3.37. The van der Waals surface area contributed by atoms with Crippen LogP contribution < -0.4 is 5.32 Å². The van der Waals surface area contributed by atoms with Crippen LogP contribution in [0, 0.1) is 11.2 Å². The lowest BCUT2D eigenvalue weighted by Crippen LogP contribution is -2.25. The SMILES string of the molecule is CC(NCC1(C)CC1)c1ccc(F)cc1Br. The minimum atomic E-state index is -0.197. The fourth-order valence-electron chi connectivity index (χ4n) is 1.75. The maximum Gasteiger partial charge on any atom is 0.124 e. The van der Waals surface area contributed by atoms with E-state index < -0.39 is 0 Å². The van der Waals surface area contributed by atoms with Gasteiger partial charge in [-0.1, -0.05) is 28.9 Å². The number of benzene rings is 1. The highest BCUT2D eigenvalue weighted by Gasteiger charge is 2.36. The Labute approximate surface area is 105 Å². The van der Waals surface area contributed by atoms with Crippen LogP contribution in [0.4, 0.5) is 4.39 Å². The first-order valence-electron chi connectivity index (χ1n) is 5.68. The van der Waals surface area contributed by atoms with Gasteiger partial charge < -0.3 is 5.32 Å². The molecule has 16 heavy (non-hydrogen) atoms. The molecule has 1 unspecified atom stereocenters. The van der Waals surface area contributed by atoms with E-state index in [0.717, 1.165) is 16.6 Å². The highest BCUT2D eigenvalue weighted by Crippen LogP contribution is 2.44. The van der Waals surface area contributed by atoms with Gasteiger partial charge in [-0.15, -0.1) is 0 Å². The summed E-state index contributed by atoms with van der Waals surface area (Å²) in [4.78, 5) is 0. The number of halogens is 2. The van der Waals surface area contributed by atoms with Gasteiger partial charge in [-0.3, -0.25) is 0 Å². The second kappa shape index (κ2) is 4.46. The van der Waals surface area contributed by atoms with Crippen LogP contribution in [0.2, 0.25) is 0 Å². The molecular formula is C13H17BrFN. The lowest BCUT2D eigenvalue weighted by Gasteiger charge is -2.18. The highest BCUT2D eigenvalue weighted by atomic mass is 79.9. The summed E-state index contributed by atoms with van der Waals surface area (Å²) in [6.07, 6.45) is 2.63. The van der Waals surface area contributed by atoms with Crippen molar-refractivity contribution in [2.45, 2.75) is 32.7 Å². The normalized spacial score (nSPS) is 19.5. The minimum Gasteiger partial charge on any atom is -0.310 e. The van der Waals surface area contributed by atoms with E-state index in [9.17, 15) is 4.39 Å². The van der Waals surface area contributed by atoms with Crippen LogP contribution in [-0.4, -0.2) is 6.54 Å². The molecule has 0 aliphatic heterocycles. The van der Waals surface area contributed by atoms with Crippen LogP contribution in [0.1, 0.15) is 38.3 Å². The zero-order valence-corrected chi connectivity index (χ0v) is 11.3. The van der Waals surface area contributed by atoms with Crippen molar-refractivity contribution in [3.05, 3.63) is 34.1 Å². The van der Waals surface area contributed by atoms with E-state index in [1.165, 1.54) is 25.0 Å². The quantitative estimate of drug-likeness (QED) is 0.881. The molecule has 0 spiro atoms. The zero-order valence-electron chi connectivity index (χ0n) is 9.69. The van der Waals surface area contributed by atoms with Gasteiger partial charge >= 0.3 is 0 Å². The molecule has 0 radical (unpaired) electrons. The van der Waals surface area contributed by atoms with Crippen molar-refractivity contribution in [1.82, 2.24) is 5.32 Å². The zero-order chi connectivity index (χ0) is 11.8. The van der Waals surface area contributed by atoms with Crippen molar-refractivity contribution in [1.29, 1.82) is 0 Å². The third-order valence-corrected chi connectivity index (χ3v) is 4.05. The Hall–Kier alpha value is -0.410. The van der Waals surface area contributed by atoms with Crippen molar-refractivity contribution in [2.75, 3.05) is 6.54 Å². The summed E-state index contributed by atoms with van der Waals surface area (Å²) in [6, 6.07) is 5.13. The van der Waals surface area contributed by atoms with E-state index >= 15 is 0 Å². The highest BCUT2D eigenvalue weighted by molar-refractivity contribution is 9.10. The standard InChI is InChI=1S/C13H17BrFN/c1-9(16-8-13(2)5-6-13)11-4-3-10(15)7-12(11)14/h3-4,7,9,16H,5-6,8H2,1-2H3. The smallest absolute Gasteiger partial charge is 0.124 e. The van der Waals surface area contributed by atoms with Crippen LogP contribution in [0.5, 0.6) is 0 Å². The van der Waals surface area contributed by atoms with Crippen LogP contribution in [-0.2, 0) is 0 Å². The van der Waals surface area contributed by atoms with Gasteiger partial charge in [0.15, 0.2) is 0 Å². The first-order valence-corrected chi connectivity index (χ1v) is 6.48. The first-order chi connectivity index (χ1) is 7.50. The van der Waals surface area contributed by atoms with E-state index in [4.69, 9.17) is 0 Å². The van der Waals surface area contributed by atoms with Gasteiger partial charge in [-0.2, -0.15) is 0 Å². The Bertz CT molecular complexity index is 388. The minimum absolute atomic E-state index is 0.197. The lowest BCUT2D eigenvalue weighted by atomic mass is 10.1. The molecule has 0 aromatic heterocycles. The van der Waals surface area contributed by atoms with E-state index in [1.807, 2.05) is 6.07 Å². The van der Waals surface area contributed by atoms with Crippen LogP contribution in [0.3, 0.4) is 0 Å². The first kappa shape index (κ1) is 12.1. The lowest BCUT2D eigenvalue weighted by molar-refractivity contribution is 0.456. The fourth-order valence-corrected chi connectivity index (χ4v) is 2.45. The van der Waals surface area contributed by atoms with Crippen molar-refractivity contribution in [3.8, 4) is 0 Å². The summed E-state index contributed by atoms with van der Waals surface area (Å²) in [6.45, 7) is 5.45. The molecule has 1 saturated carbocycles. The predicted molar refractivity (Wildman–Crippen MR) is 67.9 cm³/mol. The summed E-state index contributed by atoms with van der Waals surface area (Å²) in [7, 11) is 0. The predicted octanol–water partition coefficient (Wildman–Crippen LogP) is 4.04. The molecule has 1 aliphatic rings. The molecule has 88 valence electrons. The summed E-state index contributed by atoms with van der Waals surface area (Å²) < 4.78 is 13.8. The van der Waals surface area contributed by atoms with Gasteiger partial charge in [0.2, 0.25) is 0 Å². The van der Waals surface area contributed by atoms with E-state index in [0.29, 0.717) is 5.41 Å². The van der Waals surface area contributed by atoms with Crippen LogP contribution >= 0.6 is 15.9 Å². The molecule has 1 atom stereocenters. The molecule has 1 aromatic carbocycles. The summed E-state index contributed by atoms with van der Waals surface area (Å²) in [5.41, 5.74) is 1.62. The average molecular weight is 286 g/mol. The fraction of sp³-hybridized carbons (Fsp3) is 0.538. The molecule has 1 aliphatic carbocycles. The van der Waals surface area contributed by atoms with Crippen LogP contribution in [0.25, 0.3) is 0 Å². The number of rotatable bonds is 4. The molecule has 3 heteroatoms. The molecule has 2 rings (SSSR count). The van der Waals surface area contributed by atoms with E-state index in [1.54, 1.807) is 0 Å². The second-order valence-corrected chi connectivity index (χ2v) is 5.93. The van der Waals surface area contributed by atoms with Crippen molar-refractivity contribution in [2.24, 2.45) is 5.41 Å². The molecule has 1 aromatic rings. The largest absolute Gasteiger partial charge is 0.310 e. The Balaban J connectivity index is 1.99. The molecule has 0 bridgehead atoms.